The van der Waals surface area contributed by atoms with E-state index >= 15 is 0 Å². The van der Waals surface area contributed by atoms with Crippen molar-refractivity contribution in [2.24, 2.45) is 11.8 Å². The smallest absolute Gasteiger partial charge is 0.161 e. The Morgan fingerprint density at radius 3 is 2.67 bits per heavy atom. The Hall–Kier alpha value is -1.07. The third kappa shape index (κ3) is 4.20. The fourth-order valence-electron chi connectivity index (χ4n) is 3.47. The molecule has 0 aromatic carbocycles. The van der Waals surface area contributed by atoms with Crippen molar-refractivity contribution in [2.75, 3.05) is 7.11 Å². The monoisotopic (exact) mass is 294 g/mol. The highest BCUT2D eigenvalue weighted by molar-refractivity contribution is 5.28. The average molecular weight is 294 g/mol. The Balaban J connectivity index is 2.13. The van der Waals surface area contributed by atoms with E-state index in [1.165, 1.54) is 38.5 Å². The summed E-state index contributed by atoms with van der Waals surface area (Å²) in [5.41, 5.74) is 4.11. The van der Waals surface area contributed by atoms with Crippen molar-refractivity contribution in [1.29, 1.82) is 0 Å². The van der Waals surface area contributed by atoms with Gasteiger partial charge >= 0.3 is 0 Å². The fourth-order valence-corrected chi connectivity index (χ4v) is 3.47. The summed E-state index contributed by atoms with van der Waals surface area (Å²) in [6, 6.07) is 0.122. The molecular formula is C16H30N4O. The summed E-state index contributed by atoms with van der Waals surface area (Å²) in [6.45, 7) is 3.07. The van der Waals surface area contributed by atoms with Gasteiger partial charge in [0.25, 0.3) is 0 Å². The van der Waals surface area contributed by atoms with Crippen molar-refractivity contribution in [3.63, 3.8) is 0 Å². The molecule has 0 radical (unpaired) electrons. The quantitative estimate of drug-likeness (QED) is 0.460. The third-order valence-electron chi connectivity index (χ3n) is 4.58. The van der Waals surface area contributed by atoms with Crippen LogP contribution in [0.15, 0.2) is 6.20 Å². The summed E-state index contributed by atoms with van der Waals surface area (Å²) in [4.78, 5) is 0. The number of methoxy groups -OCH3 is 1. The highest BCUT2D eigenvalue weighted by Gasteiger charge is 2.24. The van der Waals surface area contributed by atoms with Crippen molar-refractivity contribution in [3.05, 3.63) is 11.9 Å². The first kappa shape index (κ1) is 16.3. The van der Waals surface area contributed by atoms with Gasteiger partial charge in [-0.25, -0.2) is 0 Å². The molecule has 1 atom stereocenters. The van der Waals surface area contributed by atoms with Crippen LogP contribution in [0.5, 0.6) is 5.75 Å². The molecule has 0 aliphatic heterocycles. The molecule has 0 amide bonds. The maximum Gasteiger partial charge on any atom is 0.161 e. The number of aryl methyl sites for hydroxylation is 1. The first-order valence-electron chi connectivity index (χ1n) is 8.36. The Labute approximate surface area is 128 Å². The molecule has 1 aliphatic carbocycles. The summed E-state index contributed by atoms with van der Waals surface area (Å²) in [6.07, 6.45) is 12.1. The lowest BCUT2D eigenvalue weighted by Crippen LogP contribution is -2.32. The molecule has 1 saturated carbocycles. The van der Waals surface area contributed by atoms with Crippen molar-refractivity contribution in [3.8, 4) is 5.75 Å². The fraction of sp³-hybridized carbons (Fsp3) is 0.812. The number of rotatable bonds is 7. The van der Waals surface area contributed by atoms with Crippen LogP contribution < -0.4 is 16.0 Å². The summed E-state index contributed by atoms with van der Waals surface area (Å²) in [7, 11) is 1.70. The lowest BCUT2D eigenvalue weighted by atomic mass is 9.91. The van der Waals surface area contributed by atoms with Crippen LogP contribution >= 0.6 is 0 Å². The zero-order chi connectivity index (χ0) is 15.1. The van der Waals surface area contributed by atoms with Crippen LogP contribution in [0.1, 0.15) is 70.0 Å². The topological polar surface area (TPSA) is 65.1 Å². The van der Waals surface area contributed by atoms with Gasteiger partial charge in [0.15, 0.2) is 5.75 Å². The number of hydrogen-bond acceptors (Lipinski definition) is 4. The summed E-state index contributed by atoms with van der Waals surface area (Å²) in [5, 5.41) is 4.45. The molecule has 0 spiro atoms. The molecular weight excluding hydrogens is 264 g/mol. The Morgan fingerprint density at radius 2 is 2.10 bits per heavy atom. The molecule has 1 fully saturated rings. The lowest BCUT2D eigenvalue weighted by molar-refractivity contribution is 0.331. The molecule has 1 aromatic heterocycles. The molecule has 1 aromatic rings. The Kier molecular flexibility index (Phi) is 6.51. The molecule has 5 heteroatoms. The van der Waals surface area contributed by atoms with Crippen LogP contribution in [-0.4, -0.2) is 16.9 Å². The van der Waals surface area contributed by atoms with Crippen LogP contribution in [0.2, 0.25) is 0 Å². The number of nitrogens with two attached hydrogens (primary N) is 1. The van der Waals surface area contributed by atoms with E-state index in [2.05, 4.69) is 17.4 Å². The van der Waals surface area contributed by atoms with E-state index in [0.29, 0.717) is 0 Å². The van der Waals surface area contributed by atoms with Crippen LogP contribution in [0.4, 0.5) is 0 Å². The number of ether oxygens (including phenoxy) is 1. The first-order chi connectivity index (χ1) is 10.3. The zero-order valence-electron chi connectivity index (χ0n) is 13.5. The van der Waals surface area contributed by atoms with Gasteiger partial charge in [-0.2, -0.15) is 5.10 Å². The molecule has 3 N–H and O–H groups in total. The SMILES string of the molecule is CCCn1ncc(OC)c1C(CC1CCCCCC1)NN. The molecule has 120 valence electrons. The van der Waals surface area contributed by atoms with Gasteiger partial charge in [0.2, 0.25) is 0 Å². The van der Waals surface area contributed by atoms with Crippen LogP contribution in [0.25, 0.3) is 0 Å². The first-order valence-corrected chi connectivity index (χ1v) is 8.36. The Morgan fingerprint density at radius 1 is 1.38 bits per heavy atom. The van der Waals surface area contributed by atoms with E-state index in [1.807, 2.05) is 10.9 Å². The summed E-state index contributed by atoms with van der Waals surface area (Å²) < 4.78 is 7.53. The van der Waals surface area contributed by atoms with Gasteiger partial charge in [-0.05, 0) is 18.8 Å². The van der Waals surface area contributed by atoms with Gasteiger partial charge in [-0.3, -0.25) is 16.0 Å². The van der Waals surface area contributed by atoms with Crippen molar-refractivity contribution < 1.29 is 4.74 Å². The molecule has 2 rings (SSSR count). The number of nitrogens with zero attached hydrogens (tertiary/aromatic N) is 2. The standard InChI is InChI=1S/C16H30N4O/c1-3-10-20-16(15(21-2)12-18-20)14(19-17)11-13-8-6-4-5-7-9-13/h12-14,19H,3-11,17H2,1-2H3. The van der Waals surface area contributed by atoms with Crippen molar-refractivity contribution >= 4 is 0 Å². The minimum Gasteiger partial charge on any atom is -0.493 e. The Bertz CT molecular complexity index is 410. The van der Waals surface area contributed by atoms with Crippen LogP contribution in [0, 0.1) is 5.92 Å². The van der Waals surface area contributed by atoms with Crippen molar-refractivity contribution in [2.45, 2.75) is 70.9 Å². The third-order valence-corrected chi connectivity index (χ3v) is 4.58. The van der Waals surface area contributed by atoms with Gasteiger partial charge in [-0.1, -0.05) is 45.4 Å². The predicted octanol–water partition coefficient (Wildman–Crippen LogP) is 3.17. The zero-order valence-corrected chi connectivity index (χ0v) is 13.5. The second kappa shape index (κ2) is 8.39. The molecule has 0 bridgehead atoms. The highest BCUT2D eigenvalue weighted by atomic mass is 16.5. The number of nitrogens with one attached hydrogen (secondary N) is 1. The minimum atomic E-state index is 0.122. The predicted molar refractivity (Wildman–Crippen MR) is 84.9 cm³/mol. The molecule has 21 heavy (non-hydrogen) atoms. The van der Waals surface area contributed by atoms with E-state index < -0.39 is 0 Å². The molecule has 0 saturated heterocycles. The van der Waals surface area contributed by atoms with Gasteiger partial charge in [-0.15, -0.1) is 0 Å². The van der Waals surface area contributed by atoms with E-state index in [9.17, 15) is 0 Å². The van der Waals surface area contributed by atoms with Crippen LogP contribution in [-0.2, 0) is 6.54 Å². The van der Waals surface area contributed by atoms with Crippen molar-refractivity contribution in [1.82, 2.24) is 15.2 Å². The summed E-state index contributed by atoms with van der Waals surface area (Å²) >= 11 is 0. The molecule has 5 nitrogen and oxygen atoms in total. The second-order valence-electron chi connectivity index (χ2n) is 6.13. The van der Waals surface area contributed by atoms with E-state index in [1.54, 1.807) is 7.11 Å². The molecule has 1 unspecified atom stereocenters. The van der Waals surface area contributed by atoms with Crippen LogP contribution in [0.3, 0.4) is 0 Å². The maximum absolute atomic E-state index is 5.86. The molecule has 1 heterocycles. The number of hydrazine groups is 1. The van der Waals surface area contributed by atoms with E-state index in [4.69, 9.17) is 10.6 Å². The molecule has 1 aliphatic rings. The van der Waals surface area contributed by atoms with Gasteiger partial charge in [0, 0.05) is 6.54 Å². The summed E-state index contributed by atoms with van der Waals surface area (Å²) in [5.74, 6) is 7.46. The number of aromatic nitrogens is 2. The number of hydrogen-bond donors (Lipinski definition) is 2. The van der Waals surface area contributed by atoms with Gasteiger partial charge < -0.3 is 4.74 Å². The van der Waals surface area contributed by atoms with E-state index in [-0.39, 0.29) is 6.04 Å². The van der Waals surface area contributed by atoms with Gasteiger partial charge in [0.1, 0.15) is 0 Å². The minimum absolute atomic E-state index is 0.122. The largest absolute Gasteiger partial charge is 0.493 e. The average Bonchev–Trinajstić information content (AvgIpc) is 2.72. The normalized spacial score (nSPS) is 18.4. The highest BCUT2D eigenvalue weighted by Crippen LogP contribution is 2.34. The lowest BCUT2D eigenvalue weighted by Gasteiger charge is -2.23. The van der Waals surface area contributed by atoms with Gasteiger partial charge in [0.05, 0.1) is 25.0 Å². The second-order valence-corrected chi connectivity index (χ2v) is 6.13. The maximum atomic E-state index is 5.86. The van der Waals surface area contributed by atoms with E-state index in [0.717, 1.165) is 36.7 Å².